The Morgan fingerprint density at radius 2 is 1.95 bits per heavy atom. The first-order valence-electron chi connectivity index (χ1n) is 7.11. The molecular formula is C14H23NO5. The number of aliphatic carboxylic acids is 1. The van der Waals surface area contributed by atoms with E-state index in [1.165, 1.54) is 4.90 Å². The lowest BCUT2D eigenvalue weighted by Gasteiger charge is -2.40. The molecule has 1 aliphatic carbocycles. The van der Waals surface area contributed by atoms with Crippen LogP contribution in [0.1, 0.15) is 46.5 Å². The van der Waals surface area contributed by atoms with E-state index in [0.29, 0.717) is 19.4 Å². The van der Waals surface area contributed by atoms with Crippen molar-refractivity contribution >= 4 is 12.1 Å². The number of nitrogens with zero attached hydrogens (tertiary/aromatic N) is 1. The number of carbonyl (C=O) groups excluding carboxylic acids is 1. The fourth-order valence-electron chi connectivity index (χ4n) is 2.33. The first-order valence-corrected chi connectivity index (χ1v) is 7.11. The van der Waals surface area contributed by atoms with E-state index in [-0.39, 0.29) is 12.6 Å². The lowest BCUT2D eigenvalue weighted by molar-refractivity contribution is -0.175. The number of carboxylic acid groups (broad SMARTS) is 1. The molecule has 1 N–H and O–H groups in total. The number of amides is 1. The SMILES string of the molecule is CC(C)(C)OC(=O)N1CCCC(OC2CC2)(C(=O)O)C1. The molecule has 1 amide bonds. The van der Waals surface area contributed by atoms with E-state index in [4.69, 9.17) is 9.47 Å². The van der Waals surface area contributed by atoms with E-state index in [0.717, 1.165) is 12.8 Å². The Kier molecular flexibility index (Phi) is 3.95. The van der Waals surface area contributed by atoms with Crippen molar-refractivity contribution in [2.24, 2.45) is 0 Å². The van der Waals surface area contributed by atoms with Crippen LogP contribution in [0.3, 0.4) is 0 Å². The van der Waals surface area contributed by atoms with E-state index in [9.17, 15) is 14.7 Å². The highest BCUT2D eigenvalue weighted by Crippen LogP contribution is 2.35. The molecule has 0 radical (unpaired) electrons. The predicted molar refractivity (Wildman–Crippen MR) is 71.5 cm³/mol. The maximum absolute atomic E-state index is 12.1. The largest absolute Gasteiger partial charge is 0.479 e. The molecule has 0 aromatic carbocycles. The third-order valence-electron chi connectivity index (χ3n) is 3.41. The van der Waals surface area contributed by atoms with Gasteiger partial charge in [-0.05, 0) is 46.5 Å². The molecule has 2 fully saturated rings. The highest BCUT2D eigenvalue weighted by Gasteiger charge is 2.48. The molecule has 0 spiro atoms. The average Bonchev–Trinajstić information content (AvgIpc) is 3.10. The van der Waals surface area contributed by atoms with Gasteiger partial charge in [0.25, 0.3) is 0 Å². The molecule has 1 heterocycles. The number of hydrogen-bond donors (Lipinski definition) is 1. The molecule has 6 heteroatoms. The fourth-order valence-corrected chi connectivity index (χ4v) is 2.33. The predicted octanol–water partition coefficient (Wildman–Crippen LogP) is 2.02. The molecule has 0 bridgehead atoms. The molecule has 114 valence electrons. The van der Waals surface area contributed by atoms with Gasteiger partial charge >= 0.3 is 12.1 Å². The molecule has 1 aliphatic heterocycles. The summed E-state index contributed by atoms with van der Waals surface area (Å²) in [5.41, 5.74) is -1.85. The van der Waals surface area contributed by atoms with Crippen molar-refractivity contribution in [3.8, 4) is 0 Å². The topological polar surface area (TPSA) is 76.1 Å². The van der Waals surface area contributed by atoms with Gasteiger partial charge in [0, 0.05) is 6.54 Å². The molecule has 6 nitrogen and oxygen atoms in total. The Bertz CT molecular complexity index is 399. The van der Waals surface area contributed by atoms with Crippen molar-refractivity contribution in [3.05, 3.63) is 0 Å². The van der Waals surface area contributed by atoms with Crippen molar-refractivity contribution in [1.29, 1.82) is 0 Å². The quantitative estimate of drug-likeness (QED) is 0.858. The maximum Gasteiger partial charge on any atom is 0.410 e. The Balaban J connectivity index is 2.05. The number of carbonyl (C=O) groups is 2. The smallest absolute Gasteiger partial charge is 0.410 e. The van der Waals surface area contributed by atoms with Gasteiger partial charge in [0.05, 0.1) is 12.6 Å². The van der Waals surface area contributed by atoms with Gasteiger partial charge in [-0.2, -0.15) is 0 Å². The van der Waals surface area contributed by atoms with E-state index in [1.807, 2.05) is 0 Å². The Morgan fingerprint density at radius 1 is 1.30 bits per heavy atom. The summed E-state index contributed by atoms with van der Waals surface area (Å²) in [6.45, 7) is 5.95. The van der Waals surface area contributed by atoms with Gasteiger partial charge in [-0.3, -0.25) is 0 Å². The second-order valence-corrected chi connectivity index (χ2v) is 6.62. The normalized spacial score (nSPS) is 27.2. The highest BCUT2D eigenvalue weighted by atomic mass is 16.6. The fraction of sp³-hybridized carbons (Fsp3) is 0.857. The Morgan fingerprint density at radius 3 is 2.45 bits per heavy atom. The Hall–Kier alpha value is -1.30. The number of hydrogen-bond acceptors (Lipinski definition) is 4. The monoisotopic (exact) mass is 285 g/mol. The number of ether oxygens (including phenoxy) is 2. The van der Waals surface area contributed by atoms with Crippen LogP contribution in [0.25, 0.3) is 0 Å². The molecule has 0 aromatic heterocycles. The summed E-state index contributed by atoms with van der Waals surface area (Å²) in [4.78, 5) is 25.1. The molecule has 20 heavy (non-hydrogen) atoms. The lowest BCUT2D eigenvalue weighted by atomic mass is 9.92. The molecular weight excluding hydrogens is 262 g/mol. The van der Waals surface area contributed by atoms with Crippen molar-refractivity contribution in [2.75, 3.05) is 13.1 Å². The van der Waals surface area contributed by atoms with Gasteiger partial charge in [0.15, 0.2) is 5.60 Å². The third-order valence-corrected chi connectivity index (χ3v) is 3.41. The van der Waals surface area contributed by atoms with Crippen LogP contribution in [0.4, 0.5) is 4.79 Å². The van der Waals surface area contributed by atoms with E-state index < -0.39 is 23.3 Å². The number of carboxylic acids is 1. The van der Waals surface area contributed by atoms with E-state index >= 15 is 0 Å². The van der Waals surface area contributed by atoms with E-state index in [1.54, 1.807) is 20.8 Å². The summed E-state index contributed by atoms with van der Waals surface area (Å²) in [6.07, 6.45) is 2.42. The van der Waals surface area contributed by atoms with Gasteiger partial charge in [0.2, 0.25) is 0 Å². The highest BCUT2D eigenvalue weighted by molar-refractivity contribution is 5.79. The zero-order chi connectivity index (χ0) is 15.0. The third kappa shape index (κ3) is 3.62. The zero-order valence-corrected chi connectivity index (χ0v) is 12.3. The van der Waals surface area contributed by atoms with Gasteiger partial charge in [-0.15, -0.1) is 0 Å². The van der Waals surface area contributed by atoms with Crippen molar-refractivity contribution in [1.82, 2.24) is 4.90 Å². The number of rotatable bonds is 3. The van der Waals surface area contributed by atoms with Gasteiger partial charge < -0.3 is 19.5 Å². The molecule has 2 aliphatic rings. The minimum Gasteiger partial charge on any atom is -0.479 e. The van der Waals surface area contributed by atoms with Crippen LogP contribution in [0.15, 0.2) is 0 Å². The summed E-state index contributed by atoms with van der Waals surface area (Å²) in [5.74, 6) is -0.988. The molecule has 1 saturated carbocycles. The minimum atomic E-state index is -1.27. The van der Waals surface area contributed by atoms with Gasteiger partial charge in [0.1, 0.15) is 5.60 Å². The molecule has 1 unspecified atom stereocenters. The summed E-state index contributed by atoms with van der Waals surface area (Å²) < 4.78 is 11.0. The van der Waals surface area contributed by atoms with Crippen molar-refractivity contribution in [2.45, 2.75) is 63.8 Å². The summed E-state index contributed by atoms with van der Waals surface area (Å²) in [7, 11) is 0. The van der Waals surface area contributed by atoms with Crippen LogP contribution in [-0.4, -0.2) is 52.5 Å². The van der Waals surface area contributed by atoms with Gasteiger partial charge in [-0.1, -0.05) is 0 Å². The van der Waals surface area contributed by atoms with Crippen LogP contribution in [0.2, 0.25) is 0 Å². The Labute approximate surface area is 119 Å². The van der Waals surface area contributed by atoms with E-state index in [2.05, 4.69) is 0 Å². The molecule has 2 rings (SSSR count). The first kappa shape index (κ1) is 15.1. The van der Waals surface area contributed by atoms with Crippen molar-refractivity contribution in [3.63, 3.8) is 0 Å². The summed E-state index contributed by atoms with van der Waals surface area (Å²) in [6, 6.07) is 0. The standard InChI is InChI=1S/C14H23NO5/c1-13(2,3)20-12(18)15-8-4-7-14(9-15,11(16)17)19-10-5-6-10/h10H,4-9H2,1-3H3,(H,16,17). The van der Waals surface area contributed by atoms with Crippen LogP contribution < -0.4 is 0 Å². The van der Waals surface area contributed by atoms with Crippen molar-refractivity contribution < 1.29 is 24.2 Å². The molecule has 1 atom stereocenters. The second-order valence-electron chi connectivity index (χ2n) is 6.62. The second kappa shape index (κ2) is 5.24. The number of piperidine rings is 1. The zero-order valence-electron chi connectivity index (χ0n) is 12.3. The lowest BCUT2D eigenvalue weighted by Crippen LogP contribution is -2.57. The molecule has 0 aromatic rings. The van der Waals surface area contributed by atoms with Crippen LogP contribution in [0, 0.1) is 0 Å². The van der Waals surface area contributed by atoms with Crippen LogP contribution in [0.5, 0.6) is 0 Å². The first-order chi connectivity index (χ1) is 9.22. The summed E-state index contributed by atoms with van der Waals surface area (Å²) in [5, 5.41) is 9.49. The van der Waals surface area contributed by atoms with Crippen LogP contribution in [-0.2, 0) is 14.3 Å². The molecule has 1 saturated heterocycles. The minimum absolute atomic E-state index is 0.0321. The number of likely N-dealkylation sites (tertiary alicyclic amines) is 1. The average molecular weight is 285 g/mol. The van der Waals surface area contributed by atoms with Crippen LogP contribution >= 0.6 is 0 Å². The maximum atomic E-state index is 12.1. The van der Waals surface area contributed by atoms with Gasteiger partial charge in [-0.25, -0.2) is 9.59 Å². The summed E-state index contributed by atoms with van der Waals surface area (Å²) >= 11 is 0.